The first-order chi connectivity index (χ1) is 8.60. The van der Waals surface area contributed by atoms with E-state index in [1.54, 1.807) is 12.1 Å². The van der Waals surface area contributed by atoms with E-state index in [4.69, 9.17) is 0 Å². The number of hydrogen-bond donors (Lipinski definition) is 1. The Bertz CT molecular complexity index is 364. The molecule has 0 unspecified atom stereocenters. The molecule has 0 fully saturated rings. The third-order valence-corrected chi connectivity index (χ3v) is 2.95. The standard InChI is InChI=1S/C15H25FN2/c1-5-17-10-13-14(16)8-7-9-15(13)18(6-2)11-12(3)4/h7-9,12,17H,5-6,10-11H2,1-4H3. The highest BCUT2D eigenvalue weighted by Gasteiger charge is 2.14. The van der Waals surface area contributed by atoms with E-state index in [0.29, 0.717) is 12.5 Å². The average molecular weight is 252 g/mol. The second-order valence-electron chi connectivity index (χ2n) is 4.95. The zero-order valence-corrected chi connectivity index (χ0v) is 12.0. The summed E-state index contributed by atoms with van der Waals surface area (Å²) in [5.74, 6) is 0.454. The summed E-state index contributed by atoms with van der Waals surface area (Å²) in [6.07, 6.45) is 0. The Labute approximate surface area is 110 Å². The predicted molar refractivity (Wildman–Crippen MR) is 76.5 cm³/mol. The van der Waals surface area contributed by atoms with Gasteiger partial charge in [0.25, 0.3) is 0 Å². The highest BCUT2D eigenvalue weighted by Crippen LogP contribution is 2.24. The summed E-state index contributed by atoms with van der Waals surface area (Å²) < 4.78 is 13.9. The van der Waals surface area contributed by atoms with Gasteiger partial charge in [-0.15, -0.1) is 0 Å². The molecule has 0 spiro atoms. The zero-order chi connectivity index (χ0) is 13.5. The van der Waals surface area contributed by atoms with Crippen LogP contribution in [0.3, 0.4) is 0 Å². The van der Waals surface area contributed by atoms with Gasteiger partial charge in [-0.2, -0.15) is 0 Å². The number of hydrogen-bond acceptors (Lipinski definition) is 2. The third kappa shape index (κ3) is 3.98. The maximum absolute atomic E-state index is 13.9. The molecule has 0 radical (unpaired) electrons. The van der Waals surface area contributed by atoms with Crippen molar-refractivity contribution in [3.05, 3.63) is 29.6 Å². The number of nitrogens with one attached hydrogen (secondary N) is 1. The van der Waals surface area contributed by atoms with Crippen molar-refractivity contribution in [1.29, 1.82) is 0 Å². The zero-order valence-electron chi connectivity index (χ0n) is 12.0. The Balaban J connectivity index is 3.00. The molecule has 0 saturated heterocycles. The van der Waals surface area contributed by atoms with Crippen LogP contribution in [0, 0.1) is 11.7 Å². The Morgan fingerprint density at radius 3 is 2.56 bits per heavy atom. The maximum atomic E-state index is 13.9. The lowest BCUT2D eigenvalue weighted by Gasteiger charge is -2.27. The Hall–Kier alpha value is -1.09. The molecular weight excluding hydrogens is 227 g/mol. The molecule has 0 bridgehead atoms. The minimum atomic E-state index is -0.115. The van der Waals surface area contributed by atoms with Crippen molar-refractivity contribution in [3.8, 4) is 0 Å². The predicted octanol–water partition coefficient (Wildman–Crippen LogP) is 3.42. The topological polar surface area (TPSA) is 15.3 Å². The van der Waals surface area contributed by atoms with Crippen molar-refractivity contribution in [1.82, 2.24) is 5.32 Å². The fraction of sp³-hybridized carbons (Fsp3) is 0.600. The molecule has 2 nitrogen and oxygen atoms in total. The normalized spacial score (nSPS) is 11.0. The van der Waals surface area contributed by atoms with Crippen LogP contribution < -0.4 is 10.2 Å². The van der Waals surface area contributed by atoms with E-state index in [9.17, 15) is 4.39 Å². The van der Waals surface area contributed by atoms with Gasteiger partial charge in [0, 0.05) is 30.9 Å². The van der Waals surface area contributed by atoms with E-state index in [1.165, 1.54) is 0 Å². The molecule has 0 heterocycles. The van der Waals surface area contributed by atoms with Crippen molar-refractivity contribution >= 4 is 5.69 Å². The molecule has 1 N–H and O–H groups in total. The van der Waals surface area contributed by atoms with Gasteiger partial charge >= 0.3 is 0 Å². The summed E-state index contributed by atoms with van der Waals surface area (Å²) in [6.45, 7) is 11.8. The van der Waals surface area contributed by atoms with E-state index >= 15 is 0 Å². The van der Waals surface area contributed by atoms with E-state index in [1.807, 2.05) is 13.0 Å². The molecule has 1 aromatic carbocycles. The van der Waals surface area contributed by atoms with Crippen LogP contribution in [0.2, 0.25) is 0 Å². The highest BCUT2D eigenvalue weighted by atomic mass is 19.1. The second kappa shape index (κ2) is 7.37. The Morgan fingerprint density at radius 2 is 2.00 bits per heavy atom. The van der Waals surface area contributed by atoms with E-state index in [-0.39, 0.29) is 5.82 Å². The number of rotatable bonds is 7. The lowest BCUT2D eigenvalue weighted by atomic mass is 10.1. The molecule has 0 aromatic heterocycles. The van der Waals surface area contributed by atoms with Crippen LogP contribution in [-0.2, 0) is 6.54 Å². The van der Waals surface area contributed by atoms with Gasteiger partial charge in [0.15, 0.2) is 0 Å². The summed E-state index contributed by atoms with van der Waals surface area (Å²) in [6, 6.07) is 5.35. The molecule has 18 heavy (non-hydrogen) atoms. The summed E-state index contributed by atoms with van der Waals surface area (Å²) >= 11 is 0. The quantitative estimate of drug-likeness (QED) is 0.800. The summed E-state index contributed by atoms with van der Waals surface area (Å²) in [4.78, 5) is 2.25. The average Bonchev–Trinajstić information content (AvgIpc) is 2.34. The molecule has 0 aliphatic carbocycles. The summed E-state index contributed by atoms with van der Waals surface area (Å²) in [5.41, 5.74) is 1.80. The van der Waals surface area contributed by atoms with Gasteiger partial charge in [-0.25, -0.2) is 4.39 Å². The SMILES string of the molecule is CCNCc1c(F)cccc1N(CC)CC(C)C. The van der Waals surface area contributed by atoms with E-state index in [2.05, 4.69) is 31.0 Å². The van der Waals surface area contributed by atoms with Crippen LogP contribution in [0.15, 0.2) is 18.2 Å². The van der Waals surface area contributed by atoms with E-state index < -0.39 is 0 Å². The molecule has 0 aliphatic rings. The number of anilines is 1. The first kappa shape index (κ1) is 15.0. The van der Waals surface area contributed by atoms with Gasteiger partial charge in [-0.1, -0.05) is 26.8 Å². The second-order valence-corrected chi connectivity index (χ2v) is 4.95. The summed E-state index contributed by atoms with van der Waals surface area (Å²) in [7, 11) is 0. The van der Waals surface area contributed by atoms with Crippen molar-refractivity contribution in [2.75, 3.05) is 24.5 Å². The molecule has 0 amide bonds. The fourth-order valence-electron chi connectivity index (χ4n) is 2.11. The first-order valence-corrected chi connectivity index (χ1v) is 6.83. The maximum Gasteiger partial charge on any atom is 0.129 e. The first-order valence-electron chi connectivity index (χ1n) is 6.83. The number of benzene rings is 1. The lowest BCUT2D eigenvalue weighted by Crippen LogP contribution is -2.29. The minimum Gasteiger partial charge on any atom is -0.371 e. The van der Waals surface area contributed by atoms with Crippen molar-refractivity contribution < 1.29 is 4.39 Å². The smallest absolute Gasteiger partial charge is 0.129 e. The Kier molecular flexibility index (Phi) is 6.13. The largest absolute Gasteiger partial charge is 0.371 e. The van der Waals surface area contributed by atoms with Crippen molar-refractivity contribution in [2.24, 2.45) is 5.92 Å². The number of halogens is 1. The molecule has 0 saturated carbocycles. The molecule has 3 heteroatoms. The highest BCUT2D eigenvalue weighted by molar-refractivity contribution is 5.54. The van der Waals surface area contributed by atoms with E-state index in [0.717, 1.165) is 30.9 Å². The minimum absolute atomic E-state index is 0.115. The molecular formula is C15H25FN2. The molecule has 1 aromatic rings. The van der Waals surface area contributed by atoms with Gasteiger partial charge in [0.2, 0.25) is 0 Å². The lowest BCUT2D eigenvalue weighted by molar-refractivity contribution is 0.582. The fourth-order valence-corrected chi connectivity index (χ4v) is 2.11. The monoisotopic (exact) mass is 252 g/mol. The van der Waals surface area contributed by atoms with Gasteiger partial charge in [0.1, 0.15) is 5.82 Å². The van der Waals surface area contributed by atoms with Gasteiger partial charge in [-0.05, 0) is 31.5 Å². The van der Waals surface area contributed by atoms with Crippen LogP contribution in [0.1, 0.15) is 33.3 Å². The molecule has 0 atom stereocenters. The van der Waals surface area contributed by atoms with Crippen LogP contribution >= 0.6 is 0 Å². The summed E-state index contributed by atoms with van der Waals surface area (Å²) in [5, 5.41) is 3.21. The van der Waals surface area contributed by atoms with Crippen LogP contribution in [0.4, 0.5) is 10.1 Å². The van der Waals surface area contributed by atoms with Gasteiger partial charge < -0.3 is 10.2 Å². The van der Waals surface area contributed by atoms with Crippen LogP contribution in [0.25, 0.3) is 0 Å². The van der Waals surface area contributed by atoms with Gasteiger partial charge in [-0.3, -0.25) is 0 Å². The van der Waals surface area contributed by atoms with Crippen molar-refractivity contribution in [3.63, 3.8) is 0 Å². The van der Waals surface area contributed by atoms with Crippen LogP contribution in [0.5, 0.6) is 0 Å². The van der Waals surface area contributed by atoms with Gasteiger partial charge in [0.05, 0.1) is 0 Å². The molecule has 1 rings (SSSR count). The Morgan fingerprint density at radius 1 is 1.28 bits per heavy atom. The third-order valence-electron chi connectivity index (χ3n) is 2.95. The van der Waals surface area contributed by atoms with Crippen molar-refractivity contribution in [2.45, 2.75) is 34.2 Å². The molecule has 102 valence electrons. The molecule has 0 aliphatic heterocycles. The van der Waals surface area contributed by atoms with Crippen LogP contribution in [-0.4, -0.2) is 19.6 Å². The number of nitrogens with zero attached hydrogens (tertiary/aromatic N) is 1.